The Labute approximate surface area is 161 Å². The average Bonchev–Trinajstić information content (AvgIpc) is 3.13. The van der Waals surface area contributed by atoms with Crippen LogP contribution in [-0.4, -0.2) is 27.8 Å². The summed E-state index contributed by atoms with van der Waals surface area (Å²) in [6, 6.07) is 11.2. The Hall–Kier alpha value is -3.19. The molecule has 0 aliphatic rings. The van der Waals surface area contributed by atoms with E-state index < -0.39 is 0 Å². The average molecular weight is 378 g/mol. The molecule has 1 aromatic carbocycles. The van der Waals surface area contributed by atoms with E-state index in [0.29, 0.717) is 30.1 Å². The van der Waals surface area contributed by atoms with Crippen LogP contribution in [0.5, 0.6) is 5.75 Å². The first-order chi connectivity index (χ1) is 13.6. The number of hydrogen-bond acceptors (Lipinski definition) is 6. The summed E-state index contributed by atoms with van der Waals surface area (Å²) in [5.41, 5.74) is 2.91. The fourth-order valence-corrected chi connectivity index (χ4v) is 3.19. The first kappa shape index (κ1) is 18.2. The van der Waals surface area contributed by atoms with Gasteiger partial charge in [-0.3, -0.25) is 5.10 Å². The SMILES string of the molecule is CCc1cc(=O)oc2cc(OCC(C)NCc3[nH]nc4ncccc34)ccc12. The maximum Gasteiger partial charge on any atom is 0.336 e. The maximum absolute atomic E-state index is 11.7. The van der Waals surface area contributed by atoms with Gasteiger partial charge in [-0.1, -0.05) is 6.92 Å². The highest BCUT2D eigenvalue weighted by Gasteiger charge is 2.10. The lowest BCUT2D eigenvalue weighted by molar-refractivity contribution is 0.272. The number of hydrogen-bond donors (Lipinski definition) is 2. The van der Waals surface area contributed by atoms with Crippen molar-refractivity contribution in [2.24, 2.45) is 0 Å². The molecule has 144 valence electrons. The van der Waals surface area contributed by atoms with Crippen LogP contribution in [0.2, 0.25) is 0 Å². The van der Waals surface area contributed by atoms with Gasteiger partial charge in [0.05, 0.1) is 5.69 Å². The molecule has 0 spiro atoms. The van der Waals surface area contributed by atoms with Gasteiger partial charge in [-0.05, 0) is 43.2 Å². The number of rotatable bonds is 7. The van der Waals surface area contributed by atoms with Crippen LogP contribution in [-0.2, 0) is 13.0 Å². The number of fused-ring (bicyclic) bond motifs is 2. The topological polar surface area (TPSA) is 93.0 Å². The first-order valence-electron chi connectivity index (χ1n) is 9.35. The van der Waals surface area contributed by atoms with Crippen molar-refractivity contribution in [3.8, 4) is 5.75 Å². The van der Waals surface area contributed by atoms with Crippen molar-refractivity contribution in [2.75, 3.05) is 6.61 Å². The molecule has 0 aliphatic carbocycles. The van der Waals surface area contributed by atoms with E-state index in [9.17, 15) is 4.79 Å². The third-order valence-electron chi connectivity index (χ3n) is 4.72. The molecule has 4 rings (SSSR count). The molecule has 2 N–H and O–H groups in total. The molecule has 0 radical (unpaired) electrons. The number of aromatic nitrogens is 3. The van der Waals surface area contributed by atoms with Crippen LogP contribution in [0, 0.1) is 0 Å². The van der Waals surface area contributed by atoms with E-state index in [1.807, 2.05) is 38.1 Å². The van der Waals surface area contributed by atoms with Crippen molar-refractivity contribution in [1.82, 2.24) is 20.5 Å². The van der Waals surface area contributed by atoms with Gasteiger partial charge in [0.15, 0.2) is 5.65 Å². The molecule has 1 atom stereocenters. The lowest BCUT2D eigenvalue weighted by Crippen LogP contribution is -2.31. The molecule has 0 bridgehead atoms. The summed E-state index contributed by atoms with van der Waals surface area (Å²) in [6.45, 7) is 5.19. The van der Waals surface area contributed by atoms with Crippen LogP contribution < -0.4 is 15.7 Å². The summed E-state index contributed by atoms with van der Waals surface area (Å²) < 4.78 is 11.2. The minimum Gasteiger partial charge on any atom is -0.492 e. The van der Waals surface area contributed by atoms with Gasteiger partial charge in [0.2, 0.25) is 0 Å². The zero-order valence-corrected chi connectivity index (χ0v) is 15.9. The van der Waals surface area contributed by atoms with Gasteiger partial charge >= 0.3 is 5.63 Å². The zero-order chi connectivity index (χ0) is 19.5. The normalized spacial score (nSPS) is 12.5. The Balaban J connectivity index is 1.39. The van der Waals surface area contributed by atoms with Crippen molar-refractivity contribution < 1.29 is 9.15 Å². The van der Waals surface area contributed by atoms with Crippen LogP contribution >= 0.6 is 0 Å². The van der Waals surface area contributed by atoms with Crippen molar-refractivity contribution in [1.29, 1.82) is 0 Å². The Kier molecular flexibility index (Phi) is 5.08. The third-order valence-corrected chi connectivity index (χ3v) is 4.72. The molecule has 0 saturated carbocycles. The summed E-state index contributed by atoms with van der Waals surface area (Å²) in [7, 11) is 0. The van der Waals surface area contributed by atoms with E-state index in [2.05, 4.69) is 20.5 Å². The molecule has 0 amide bonds. The Morgan fingerprint density at radius 3 is 3.00 bits per heavy atom. The molecule has 4 aromatic rings. The second-order valence-electron chi connectivity index (χ2n) is 6.77. The largest absolute Gasteiger partial charge is 0.492 e. The molecule has 3 heterocycles. The molecule has 7 nitrogen and oxygen atoms in total. The molecule has 1 unspecified atom stereocenters. The number of benzene rings is 1. The second kappa shape index (κ2) is 7.82. The summed E-state index contributed by atoms with van der Waals surface area (Å²) in [5, 5.41) is 12.6. The van der Waals surface area contributed by atoms with Crippen molar-refractivity contribution in [3.63, 3.8) is 0 Å². The maximum atomic E-state index is 11.7. The quantitative estimate of drug-likeness (QED) is 0.480. The zero-order valence-electron chi connectivity index (χ0n) is 15.9. The molecule has 0 aliphatic heterocycles. The van der Waals surface area contributed by atoms with Gasteiger partial charge in [0, 0.05) is 41.7 Å². The van der Waals surface area contributed by atoms with Crippen molar-refractivity contribution in [2.45, 2.75) is 32.9 Å². The van der Waals surface area contributed by atoms with Crippen LogP contribution in [0.1, 0.15) is 25.1 Å². The Morgan fingerprint density at radius 1 is 1.25 bits per heavy atom. The minimum atomic E-state index is -0.335. The Morgan fingerprint density at radius 2 is 2.14 bits per heavy atom. The number of aromatic amines is 1. The second-order valence-corrected chi connectivity index (χ2v) is 6.77. The predicted octanol–water partition coefficient (Wildman–Crippen LogP) is 3.18. The summed E-state index contributed by atoms with van der Waals surface area (Å²) in [4.78, 5) is 15.9. The Bertz CT molecular complexity index is 1170. The van der Waals surface area contributed by atoms with Gasteiger partial charge < -0.3 is 14.5 Å². The van der Waals surface area contributed by atoms with Crippen LogP contribution in [0.4, 0.5) is 0 Å². The minimum absolute atomic E-state index is 0.111. The number of H-pyrrole nitrogens is 1. The number of ether oxygens (including phenoxy) is 1. The third kappa shape index (κ3) is 3.75. The number of nitrogens with zero attached hydrogens (tertiary/aromatic N) is 2. The van der Waals surface area contributed by atoms with Crippen LogP contribution in [0.25, 0.3) is 22.0 Å². The lowest BCUT2D eigenvalue weighted by Gasteiger charge is -2.15. The van der Waals surface area contributed by atoms with Gasteiger partial charge in [-0.15, -0.1) is 0 Å². The fourth-order valence-electron chi connectivity index (χ4n) is 3.19. The standard InChI is InChI=1S/C21H22N4O3/c1-3-14-9-20(26)28-19-10-15(6-7-16(14)19)27-12-13(2)23-11-18-17-5-4-8-22-21(17)25-24-18/h4-10,13,23H,3,11-12H2,1-2H3,(H,22,24,25). The smallest absolute Gasteiger partial charge is 0.336 e. The fraction of sp³-hybridized carbons (Fsp3) is 0.286. The highest BCUT2D eigenvalue weighted by atomic mass is 16.5. The summed E-state index contributed by atoms with van der Waals surface area (Å²) >= 11 is 0. The van der Waals surface area contributed by atoms with Gasteiger partial charge in [0.1, 0.15) is 17.9 Å². The van der Waals surface area contributed by atoms with E-state index in [4.69, 9.17) is 9.15 Å². The van der Waals surface area contributed by atoms with E-state index in [1.165, 1.54) is 0 Å². The molecular formula is C21H22N4O3. The predicted molar refractivity (Wildman–Crippen MR) is 108 cm³/mol. The van der Waals surface area contributed by atoms with E-state index in [-0.39, 0.29) is 11.7 Å². The lowest BCUT2D eigenvalue weighted by atomic mass is 10.1. The van der Waals surface area contributed by atoms with E-state index in [0.717, 1.165) is 28.5 Å². The molecule has 0 saturated heterocycles. The van der Waals surface area contributed by atoms with Gasteiger partial charge in [0.25, 0.3) is 0 Å². The first-order valence-corrected chi connectivity index (χ1v) is 9.35. The van der Waals surface area contributed by atoms with Crippen LogP contribution in [0.3, 0.4) is 0 Å². The van der Waals surface area contributed by atoms with E-state index in [1.54, 1.807) is 18.3 Å². The molecule has 3 aromatic heterocycles. The molecule has 7 heteroatoms. The van der Waals surface area contributed by atoms with Crippen LogP contribution in [0.15, 0.2) is 51.8 Å². The number of aryl methyl sites for hydroxylation is 1. The molecule has 28 heavy (non-hydrogen) atoms. The number of nitrogens with one attached hydrogen (secondary N) is 2. The highest BCUT2D eigenvalue weighted by Crippen LogP contribution is 2.23. The summed E-state index contributed by atoms with van der Waals surface area (Å²) in [5.74, 6) is 0.675. The van der Waals surface area contributed by atoms with Gasteiger partial charge in [-0.25, -0.2) is 9.78 Å². The molecule has 0 fully saturated rings. The monoisotopic (exact) mass is 378 g/mol. The molecular weight excluding hydrogens is 356 g/mol. The van der Waals surface area contributed by atoms with Crippen molar-refractivity contribution in [3.05, 3.63) is 64.3 Å². The van der Waals surface area contributed by atoms with E-state index >= 15 is 0 Å². The van der Waals surface area contributed by atoms with Gasteiger partial charge in [-0.2, -0.15) is 5.10 Å². The summed E-state index contributed by atoms with van der Waals surface area (Å²) in [6.07, 6.45) is 2.51. The number of pyridine rings is 1. The van der Waals surface area contributed by atoms with Crippen molar-refractivity contribution >= 4 is 22.0 Å². The highest BCUT2D eigenvalue weighted by molar-refractivity contribution is 5.81.